The Morgan fingerprint density at radius 3 is 2.35 bits per heavy atom. The first kappa shape index (κ1) is 17.4. The quantitative estimate of drug-likeness (QED) is 0.689. The van der Waals surface area contributed by atoms with Gasteiger partial charge in [0.2, 0.25) is 0 Å². The maximum Gasteiger partial charge on any atom is 0.0551 e. The molecule has 0 saturated heterocycles. The van der Waals surface area contributed by atoms with E-state index in [1.165, 1.54) is 0 Å². The lowest BCUT2D eigenvalue weighted by atomic mass is 9.79. The molecule has 4 heteroatoms. The number of hydrogen-bond donors (Lipinski definition) is 2. The molecule has 0 saturated carbocycles. The van der Waals surface area contributed by atoms with Gasteiger partial charge in [0.05, 0.1) is 13.2 Å². The number of hydrogen-bond acceptors (Lipinski definition) is 3. The van der Waals surface area contributed by atoms with Crippen LogP contribution in [0.4, 0.5) is 0 Å². The van der Waals surface area contributed by atoms with Crippen LogP contribution < -0.4 is 0 Å². The van der Waals surface area contributed by atoms with E-state index in [9.17, 15) is 10.2 Å². The fourth-order valence-electron chi connectivity index (χ4n) is 2.09. The minimum Gasteiger partial charge on any atom is -0.395 e. The van der Waals surface area contributed by atoms with Crippen LogP contribution in [0.3, 0.4) is 0 Å². The molecule has 1 aromatic carbocycles. The lowest BCUT2D eigenvalue weighted by molar-refractivity contribution is 0.0592. The summed E-state index contributed by atoms with van der Waals surface area (Å²) in [6, 6.07) is 7.32. The van der Waals surface area contributed by atoms with Crippen molar-refractivity contribution in [2.45, 2.75) is 32.1 Å². The van der Waals surface area contributed by atoms with Gasteiger partial charge in [0, 0.05) is 23.7 Å². The van der Waals surface area contributed by atoms with E-state index in [-0.39, 0.29) is 13.2 Å². The van der Waals surface area contributed by atoms with Crippen LogP contribution in [0.5, 0.6) is 0 Å². The third-order valence-corrected chi connectivity index (χ3v) is 3.94. The Balaban J connectivity index is 2.66. The third kappa shape index (κ3) is 4.74. The SMILES string of the molecule is CC(C)CCOCCC(CO)(CO)c1ccccc1Cl. The number of ether oxygens (including phenoxy) is 1. The van der Waals surface area contributed by atoms with Crippen molar-refractivity contribution in [2.24, 2.45) is 5.92 Å². The van der Waals surface area contributed by atoms with Crippen molar-refractivity contribution in [2.75, 3.05) is 26.4 Å². The zero-order valence-electron chi connectivity index (χ0n) is 12.3. The summed E-state index contributed by atoms with van der Waals surface area (Å²) < 4.78 is 5.60. The van der Waals surface area contributed by atoms with Gasteiger partial charge in [-0.3, -0.25) is 0 Å². The number of halogens is 1. The van der Waals surface area contributed by atoms with Gasteiger partial charge >= 0.3 is 0 Å². The first-order valence-corrected chi connectivity index (χ1v) is 7.48. The standard InChI is InChI=1S/C16H25ClO3/c1-13(2)7-9-20-10-8-16(11-18,12-19)14-5-3-4-6-15(14)17/h3-6,13,18-19H,7-12H2,1-2H3. The summed E-state index contributed by atoms with van der Waals surface area (Å²) in [7, 11) is 0. The maximum absolute atomic E-state index is 9.72. The van der Waals surface area contributed by atoms with Crippen LogP contribution in [0.15, 0.2) is 24.3 Å². The monoisotopic (exact) mass is 300 g/mol. The molecule has 0 aliphatic rings. The molecule has 0 atom stereocenters. The molecule has 0 spiro atoms. The van der Waals surface area contributed by atoms with E-state index < -0.39 is 5.41 Å². The average molecular weight is 301 g/mol. The summed E-state index contributed by atoms with van der Waals surface area (Å²) in [5.41, 5.74) is 0.0371. The highest BCUT2D eigenvalue weighted by Gasteiger charge is 2.32. The molecule has 0 amide bonds. The largest absolute Gasteiger partial charge is 0.395 e. The Kier molecular flexibility index (Phi) is 7.52. The van der Waals surface area contributed by atoms with Gasteiger partial charge in [-0.05, 0) is 30.4 Å². The molecule has 20 heavy (non-hydrogen) atoms. The summed E-state index contributed by atoms with van der Waals surface area (Å²) in [6.07, 6.45) is 1.55. The molecule has 0 aromatic heterocycles. The Hall–Kier alpha value is -0.610. The zero-order chi connectivity index (χ0) is 15.0. The number of aliphatic hydroxyl groups is 2. The van der Waals surface area contributed by atoms with Crippen LogP contribution in [0.2, 0.25) is 5.02 Å². The molecule has 0 radical (unpaired) electrons. The summed E-state index contributed by atoms with van der Waals surface area (Å²) in [5, 5.41) is 20.0. The topological polar surface area (TPSA) is 49.7 Å². The molecule has 0 bridgehead atoms. The molecular weight excluding hydrogens is 276 g/mol. The molecule has 1 rings (SSSR count). The molecular formula is C16H25ClO3. The normalized spacial score (nSPS) is 12.1. The minimum atomic E-state index is -0.740. The van der Waals surface area contributed by atoms with E-state index in [2.05, 4.69) is 13.8 Å². The van der Waals surface area contributed by atoms with Crippen LogP contribution in [0.25, 0.3) is 0 Å². The van der Waals surface area contributed by atoms with Crippen molar-refractivity contribution in [3.63, 3.8) is 0 Å². The van der Waals surface area contributed by atoms with Gasteiger partial charge in [-0.2, -0.15) is 0 Å². The van der Waals surface area contributed by atoms with Crippen LogP contribution >= 0.6 is 11.6 Å². The molecule has 0 heterocycles. The lowest BCUT2D eigenvalue weighted by Crippen LogP contribution is -2.36. The zero-order valence-corrected chi connectivity index (χ0v) is 13.1. The van der Waals surface area contributed by atoms with E-state index in [0.717, 1.165) is 12.0 Å². The molecule has 0 fully saturated rings. The van der Waals surface area contributed by atoms with Crippen molar-refractivity contribution < 1.29 is 14.9 Å². The fourth-order valence-corrected chi connectivity index (χ4v) is 2.43. The van der Waals surface area contributed by atoms with Crippen LogP contribution in [-0.2, 0) is 10.2 Å². The van der Waals surface area contributed by atoms with Crippen LogP contribution in [0.1, 0.15) is 32.3 Å². The van der Waals surface area contributed by atoms with Crippen LogP contribution in [0, 0.1) is 5.92 Å². The summed E-state index contributed by atoms with van der Waals surface area (Å²) in [6.45, 7) is 5.20. The maximum atomic E-state index is 9.72. The van der Waals surface area contributed by atoms with Crippen molar-refractivity contribution in [3.8, 4) is 0 Å². The molecule has 0 aliphatic heterocycles. The van der Waals surface area contributed by atoms with E-state index in [1.54, 1.807) is 6.07 Å². The first-order valence-electron chi connectivity index (χ1n) is 7.10. The second-order valence-electron chi connectivity index (χ2n) is 5.62. The Morgan fingerprint density at radius 2 is 1.80 bits per heavy atom. The summed E-state index contributed by atoms with van der Waals surface area (Å²) >= 11 is 6.18. The number of rotatable bonds is 9. The molecule has 2 N–H and O–H groups in total. The molecule has 1 aromatic rings. The van der Waals surface area contributed by atoms with E-state index in [1.807, 2.05) is 18.2 Å². The average Bonchev–Trinajstić information content (AvgIpc) is 2.44. The Morgan fingerprint density at radius 1 is 1.15 bits per heavy atom. The highest BCUT2D eigenvalue weighted by Crippen LogP contribution is 2.32. The summed E-state index contributed by atoms with van der Waals surface area (Å²) in [4.78, 5) is 0. The number of aliphatic hydroxyl groups excluding tert-OH is 2. The fraction of sp³-hybridized carbons (Fsp3) is 0.625. The second-order valence-corrected chi connectivity index (χ2v) is 6.03. The van der Waals surface area contributed by atoms with Gasteiger partial charge < -0.3 is 14.9 Å². The van der Waals surface area contributed by atoms with E-state index in [0.29, 0.717) is 30.6 Å². The lowest BCUT2D eigenvalue weighted by Gasteiger charge is -2.31. The van der Waals surface area contributed by atoms with Gasteiger partial charge in [0.1, 0.15) is 0 Å². The number of benzene rings is 1. The highest BCUT2D eigenvalue weighted by molar-refractivity contribution is 6.31. The predicted octanol–water partition coefficient (Wildman–Crippen LogP) is 3.02. The third-order valence-electron chi connectivity index (χ3n) is 3.62. The van der Waals surface area contributed by atoms with Gasteiger partial charge in [-0.15, -0.1) is 0 Å². The minimum absolute atomic E-state index is 0.152. The van der Waals surface area contributed by atoms with Crippen molar-refractivity contribution in [1.29, 1.82) is 0 Å². The van der Waals surface area contributed by atoms with E-state index >= 15 is 0 Å². The first-order chi connectivity index (χ1) is 9.55. The van der Waals surface area contributed by atoms with Gasteiger partial charge in [-0.25, -0.2) is 0 Å². The molecule has 0 aliphatic carbocycles. The predicted molar refractivity (Wildman–Crippen MR) is 82.2 cm³/mol. The van der Waals surface area contributed by atoms with Crippen molar-refractivity contribution in [3.05, 3.63) is 34.9 Å². The van der Waals surface area contributed by atoms with Gasteiger partial charge in [0.15, 0.2) is 0 Å². The van der Waals surface area contributed by atoms with Crippen LogP contribution in [-0.4, -0.2) is 36.6 Å². The Labute approximate surface area is 126 Å². The highest BCUT2D eigenvalue weighted by atomic mass is 35.5. The molecule has 0 unspecified atom stereocenters. The molecule has 114 valence electrons. The Bertz CT molecular complexity index is 389. The second kappa shape index (κ2) is 8.63. The van der Waals surface area contributed by atoms with Crippen molar-refractivity contribution in [1.82, 2.24) is 0 Å². The molecule has 3 nitrogen and oxygen atoms in total. The summed E-state index contributed by atoms with van der Waals surface area (Å²) in [5.74, 6) is 0.610. The van der Waals surface area contributed by atoms with E-state index in [4.69, 9.17) is 16.3 Å². The smallest absolute Gasteiger partial charge is 0.0551 e. The van der Waals surface area contributed by atoms with Crippen molar-refractivity contribution >= 4 is 11.6 Å². The van der Waals surface area contributed by atoms with Gasteiger partial charge in [0.25, 0.3) is 0 Å². The van der Waals surface area contributed by atoms with Gasteiger partial charge in [-0.1, -0.05) is 43.6 Å².